The summed E-state index contributed by atoms with van der Waals surface area (Å²) in [6.45, 7) is 3.98. The minimum atomic E-state index is -4.55. The van der Waals surface area contributed by atoms with Gasteiger partial charge in [-0.1, -0.05) is 13.8 Å². The molecule has 0 saturated heterocycles. The van der Waals surface area contributed by atoms with E-state index in [1.165, 1.54) is 11.7 Å². The van der Waals surface area contributed by atoms with Crippen LogP contribution in [0.4, 0.5) is 13.2 Å². The maximum atomic E-state index is 14.0. The van der Waals surface area contributed by atoms with Crippen molar-refractivity contribution >= 4 is 16.9 Å². The number of pyridine rings is 1. The van der Waals surface area contributed by atoms with Gasteiger partial charge in [-0.15, -0.1) is 0 Å². The number of amides is 1. The van der Waals surface area contributed by atoms with Gasteiger partial charge in [0.15, 0.2) is 17.0 Å². The van der Waals surface area contributed by atoms with Crippen LogP contribution in [0.25, 0.3) is 22.4 Å². The smallest absolute Gasteiger partial charge is 0.325 e. The molecule has 36 heavy (non-hydrogen) atoms. The zero-order valence-electron chi connectivity index (χ0n) is 20.7. The molecule has 1 aliphatic rings. The van der Waals surface area contributed by atoms with Crippen molar-refractivity contribution in [3.63, 3.8) is 0 Å². The normalized spacial score (nSPS) is 18.2. The zero-order valence-corrected chi connectivity index (χ0v) is 20.7. The van der Waals surface area contributed by atoms with Crippen LogP contribution in [0.5, 0.6) is 0 Å². The number of carbonyl (C=O) groups excluding carboxylic acids is 1. The molecule has 0 bridgehead atoms. The summed E-state index contributed by atoms with van der Waals surface area (Å²) in [4.78, 5) is 20.1. The van der Waals surface area contributed by atoms with Gasteiger partial charge in [0.2, 0.25) is 0 Å². The fourth-order valence-electron chi connectivity index (χ4n) is 5.34. The largest absolute Gasteiger partial charge is 0.435 e. The Labute approximate surface area is 205 Å². The highest BCUT2D eigenvalue weighted by Gasteiger charge is 2.42. The van der Waals surface area contributed by atoms with Crippen LogP contribution in [0.3, 0.4) is 0 Å². The topological polar surface area (TPSA) is 86.7 Å². The van der Waals surface area contributed by atoms with Gasteiger partial charge in [0.25, 0.3) is 5.91 Å². The van der Waals surface area contributed by atoms with E-state index in [2.05, 4.69) is 15.2 Å². The molecule has 4 aromatic rings. The molecule has 190 valence electrons. The molecule has 1 aliphatic heterocycles. The first-order valence-electron chi connectivity index (χ1n) is 11.8. The Morgan fingerprint density at radius 2 is 1.81 bits per heavy atom. The van der Waals surface area contributed by atoms with Crippen molar-refractivity contribution < 1.29 is 18.0 Å². The van der Waals surface area contributed by atoms with Crippen molar-refractivity contribution in [2.24, 2.45) is 21.1 Å². The summed E-state index contributed by atoms with van der Waals surface area (Å²) in [6, 6.07) is 4.14. The average molecular weight is 501 g/mol. The van der Waals surface area contributed by atoms with Crippen molar-refractivity contribution in [1.82, 2.24) is 39.2 Å². The summed E-state index contributed by atoms with van der Waals surface area (Å²) in [5.41, 5.74) is 2.48. The standard InChI is InChI=1S/C24H27F3N8O/c1-6-13-11-15-19(30-33(4)21(15)17-12-18(24(25,26)27)29-32(17)3)16(7-2)35(13)23(36)20-14-9-8-10-28-22(14)34(5)31-20/h8-10,12-13,16H,6-7,11H2,1-5H3. The third kappa shape index (κ3) is 3.58. The number of hydrogen-bond acceptors (Lipinski definition) is 5. The summed E-state index contributed by atoms with van der Waals surface area (Å²) in [7, 11) is 4.96. The zero-order chi connectivity index (χ0) is 25.9. The van der Waals surface area contributed by atoms with Crippen LogP contribution < -0.4 is 0 Å². The van der Waals surface area contributed by atoms with Gasteiger partial charge in [-0.05, 0) is 37.5 Å². The number of aromatic nitrogens is 7. The molecular formula is C24H27F3N8O. The predicted molar refractivity (Wildman–Crippen MR) is 126 cm³/mol. The quantitative estimate of drug-likeness (QED) is 0.422. The number of nitrogens with zero attached hydrogens (tertiary/aromatic N) is 8. The molecule has 0 aliphatic carbocycles. The van der Waals surface area contributed by atoms with Gasteiger partial charge in [-0.2, -0.15) is 28.5 Å². The number of rotatable bonds is 4. The Morgan fingerprint density at radius 1 is 1.06 bits per heavy atom. The molecular weight excluding hydrogens is 473 g/mol. The van der Waals surface area contributed by atoms with E-state index < -0.39 is 11.9 Å². The van der Waals surface area contributed by atoms with E-state index in [0.717, 1.165) is 11.6 Å². The second-order valence-corrected chi connectivity index (χ2v) is 9.12. The van der Waals surface area contributed by atoms with Gasteiger partial charge in [0.05, 0.1) is 28.5 Å². The fraction of sp³-hybridized carbons (Fsp3) is 0.458. The number of alkyl halides is 3. The minimum absolute atomic E-state index is 0.179. The number of carbonyl (C=O) groups is 1. The van der Waals surface area contributed by atoms with Crippen LogP contribution in [0, 0.1) is 0 Å². The van der Waals surface area contributed by atoms with Crippen molar-refractivity contribution in [1.29, 1.82) is 0 Å². The van der Waals surface area contributed by atoms with Crippen molar-refractivity contribution in [2.45, 2.75) is 51.4 Å². The van der Waals surface area contributed by atoms with Gasteiger partial charge in [0, 0.05) is 38.9 Å². The van der Waals surface area contributed by atoms with E-state index in [-0.39, 0.29) is 18.0 Å². The van der Waals surface area contributed by atoms with Gasteiger partial charge in [-0.25, -0.2) is 9.67 Å². The van der Waals surface area contributed by atoms with Crippen molar-refractivity contribution in [3.8, 4) is 11.4 Å². The van der Waals surface area contributed by atoms with E-state index in [1.54, 1.807) is 35.7 Å². The number of hydrogen-bond donors (Lipinski definition) is 0. The van der Waals surface area contributed by atoms with Gasteiger partial charge in [0.1, 0.15) is 0 Å². The van der Waals surface area contributed by atoms with E-state index in [0.29, 0.717) is 53.1 Å². The lowest BCUT2D eigenvalue weighted by molar-refractivity contribution is -0.141. The van der Waals surface area contributed by atoms with Crippen LogP contribution in [0.2, 0.25) is 0 Å². The first-order valence-corrected chi connectivity index (χ1v) is 11.8. The lowest BCUT2D eigenvalue weighted by atomic mass is 9.88. The molecule has 5 rings (SSSR count). The molecule has 12 heteroatoms. The van der Waals surface area contributed by atoms with Crippen molar-refractivity contribution in [2.75, 3.05) is 0 Å². The second kappa shape index (κ2) is 8.45. The van der Waals surface area contributed by atoms with Crippen molar-refractivity contribution in [3.05, 3.63) is 47.0 Å². The lowest BCUT2D eigenvalue weighted by Crippen LogP contribution is -2.47. The highest BCUT2D eigenvalue weighted by molar-refractivity contribution is 6.04. The third-order valence-electron chi connectivity index (χ3n) is 6.97. The van der Waals surface area contributed by atoms with Crippen LogP contribution >= 0.6 is 0 Å². The Balaban J connectivity index is 1.62. The maximum absolute atomic E-state index is 14.0. The Bertz CT molecular complexity index is 1460. The Kier molecular flexibility index (Phi) is 5.64. The maximum Gasteiger partial charge on any atom is 0.435 e. The molecule has 0 saturated carbocycles. The lowest BCUT2D eigenvalue weighted by Gasteiger charge is -2.40. The summed E-state index contributed by atoms with van der Waals surface area (Å²) < 4.78 is 44.5. The molecule has 0 spiro atoms. The highest BCUT2D eigenvalue weighted by Crippen LogP contribution is 2.42. The summed E-state index contributed by atoms with van der Waals surface area (Å²) in [5, 5.41) is 13.6. The molecule has 4 aromatic heterocycles. The molecule has 0 radical (unpaired) electrons. The van der Waals surface area contributed by atoms with E-state index in [1.807, 2.05) is 24.8 Å². The predicted octanol–water partition coefficient (Wildman–Crippen LogP) is 4.05. The Hall–Kier alpha value is -3.70. The highest BCUT2D eigenvalue weighted by atomic mass is 19.4. The van der Waals surface area contributed by atoms with E-state index >= 15 is 0 Å². The van der Waals surface area contributed by atoms with Crippen LogP contribution in [-0.2, 0) is 33.7 Å². The SMILES string of the molecule is CCC1Cc2c(nn(C)c2-c2cc(C(F)(F)F)nn2C)C(CC)N1C(=O)c1nn(C)c2ncccc12. The number of halogens is 3. The first kappa shape index (κ1) is 24.0. The summed E-state index contributed by atoms with van der Waals surface area (Å²) in [5.74, 6) is -0.204. The van der Waals surface area contributed by atoms with Crippen LogP contribution in [0.1, 0.15) is 60.2 Å². The molecule has 0 aromatic carbocycles. The first-order chi connectivity index (χ1) is 17.1. The number of fused-ring (bicyclic) bond motifs is 2. The van der Waals surface area contributed by atoms with Gasteiger partial charge >= 0.3 is 6.18 Å². The third-order valence-corrected chi connectivity index (χ3v) is 6.97. The summed E-state index contributed by atoms with van der Waals surface area (Å²) in [6.07, 6.45) is -1.16. The summed E-state index contributed by atoms with van der Waals surface area (Å²) >= 11 is 0. The fourth-order valence-corrected chi connectivity index (χ4v) is 5.34. The molecule has 1 amide bonds. The minimum Gasteiger partial charge on any atom is -0.325 e. The molecule has 5 heterocycles. The van der Waals surface area contributed by atoms with Crippen LogP contribution in [0.15, 0.2) is 24.4 Å². The molecule has 9 nitrogen and oxygen atoms in total. The Morgan fingerprint density at radius 3 is 2.44 bits per heavy atom. The van der Waals surface area contributed by atoms with E-state index in [4.69, 9.17) is 5.10 Å². The molecule has 0 fully saturated rings. The molecule has 2 atom stereocenters. The average Bonchev–Trinajstić information content (AvgIpc) is 3.49. The second-order valence-electron chi connectivity index (χ2n) is 9.12. The van der Waals surface area contributed by atoms with Gasteiger partial charge in [-0.3, -0.25) is 14.2 Å². The molecule has 2 unspecified atom stereocenters. The monoisotopic (exact) mass is 500 g/mol. The van der Waals surface area contributed by atoms with Crippen LogP contribution in [-0.4, -0.2) is 51.2 Å². The molecule has 0 N–H and O–H groups in total. The van der Waals surface area contributed by atoms with Gasteiger partial charge < -0.3 is 4.90 Å². The van der Waals surface area contributed by atoms with E-state index in [9.17, 15) is 18.0 Å². The number of aryl methyl sites for hydroxylation is 3.